The number of amides is 3. The Kier molecular flexibility index (Phi) is 8.79. The lowest BCUT2D eigenvalue weighted by molar-refractivity contribution is -0.145. The molecule has 0 spiro atoms. The Morgan fingerprint density at radius 3 is 2.36 bits per heavy atom. The number of rotatable bonds is 7. The van der Waals surface area contributed by atoms with Crippen molar-refractivity contribution in [1.82, 2.24) is 15.1 Å². The Bertz CT molecular complexity index is 1180. The summed E-state index contributed by atoms with van der Waals surface area (Å²) in [4.78, 5) is 43.8. The van der Waals surface area contributed by atoms with E-state index < -0.39 is 17.8 Å². The van der Waals surface area contributed by atoms with Crippen molar-refractivity contribution in [3.8, 4) is 0 Å². The Balaban J connectivity index is 1.32. The molecule has 0 aromatic heterocycles. The molecule has 1 unspecified atom stereocenters. The molecule has 4 rings (SSSR count). The van der Waals surface area contributed by atoms with Gasteiger partial charge in [0.25, 0.3) is 0 Å². The van der Waals surface area contributed by atoms with Crippen molar-refractivity contribution in [2.24, 2.45) is 0 Å². The molecule has 2 aliphatic rings. The predicted octanol–water partition coefficient (Wildman–Crippen LogP) is 3.31. The molecular weight excluding hydrogens is 511 g/mol. The molecule has 1 atom stereocenters. The number of alkyl halides is 3. The van der Waals surface area contributed by atoms with Gasteiger partial charge in [-0.3, -0.25) is 19.3 Å². The fourth-order valence-electron chi connectivity index (χ4n) is 4.88. The summed E-state index contributed by atoms with van der Waals surface area (Å²) in [6, 6.07) is 11.8. The van der Waals surface area contributed by atoms with Gasteiger partial charge >= 0.3 is 6.18 Å². The third kappa shape index (κ3) is 7.29. The fourth-order valence-corrected chi connectivity index (χ4v) is 4.88. The highest BCUT2D eigenvalue weighted by atomic mass is 19.4. The Morgan fingerprint density at radius 1 is 1.03 bits per heavy atom. The van der Waals surface area contributed by atoms with Crippen molar-refractivity contribution >= 4 is 29.1 Å². The maximum absolute atomic E-state index is 13.2. The summed E-state index contributed by atoms with van der Waals surface area (Å²) in [5.74, 6) is -0.614. The number of hydrogen-bond donors (Lipinski definition) is 2. The van der Waals surface area contributed by atoms with Gasteiger partial charge in [0, 0.05) is 50.6 Å². The van der Waals surface area contributed by atoms with Crippen LogP contribution in [-0.4, -0.2) is 79.4 Å². The largest absolute Gasteiger partial charge is 0.416 e. The van der Waals surface area contributed by atoms with E-state index >= 15 is 0 Å². The zero-order chi connectivity index (χ0) is 28.2. The van der Waals surface area contributed by atoms with Gasteiger partial charge in [0.1, 0.15) is 6.04 Å². The van der Waals surface area contributed by atoms with Gasteiger partial charge in [-0.1, -0.05) is 32.0 Å². The Labute approximate surface area is 226 Å². The summed E-state index contributed by atoms with van der Waals surface area (Å²) in [6.45, 7) is 6.75. The third-order valence-electron chi connectivity index (χ3n) is 7.16. The van der Waals surface area contributed by atoms with Gasteiger partial charge in [-0.15, -0.1) is 0 Å². The van der Waals surface area contributed by atoms with Crippen molar-refractivity contribution in [3.05, 3.63) is 59.7 Å². The number of halogens is 3. The standard InChI is InChI=1S/C28H34F3N5O3/c1-19(2)20-6-8-22(9-7-20)33-25(37)17-24-27(39)32-10-11-36(24)26(38)18-34-12-14-35(15-13-34)23-5-3-4-21(16-23)28(29,30)31/h3-9,16,19,24H,10-15,17-18H2,1-2H3,(H,32,39)(H,33,37). The SMILES string of the molecule is CC(C)c1ccc(NC(=O)CC2C(=O)NCCN2C(=O)CN2CCN(c3cccc(C(F)(F)F)c3)CC2)cc1. The van der Waals surface area contributed by atoms with E-state index in [0.29, 0.717) is 56.6 Å². The summed E-state index contributed by atoms with van der Waals surface area (Å²) < 4.78 is 39.2. The summed E-state index contributed by atoms with van der Waals surface area (Å²) in [6.07, 6.45) is -4.57. The molecule has 2 fully saturated rings. The lowest BCUT2D eigenvalue weighted by atomic mass is 10.0. The van der Waals surface area contributed by atoms with E-state index in [4.69, 9.17) is 0 Å². The highest BCUT2D eigenvalue weighted by Crippen LogP contribution is 2.32. The molecule has 0 bridgehead atoms. The van der Waals surface area contributed by atoms with Gasteiger partial charge in [-0.25, -0.2) is 0 Å². The number of nitrogens with one attached hydrogen (secondary N) is 2. The highest BCUT2D eigenvalue weighted by Gasteiger charge is 2.36. The molecular formula is C28H34F3N5O3. The third-order valence-corrected chi connectivity index (χ3v) is 7.16. The van der Waals surface area contributed by atoms with Crippen LogP contribution in [0.2, 0.25) is 0 Å². The van der Waals surface area contributed by atoms with Crippen LogP contribution in [0.4, 0.5) is 24.5 Å². The molecule has 11 heteroatoms. The van der Waals surface area contributed by atoms with Gasteiger partial charge in [-0.05, 0) is 41.8 Å². The summed E-state index contributed by atoms with van der Waals surface area (Å²) in [5.41, 5.74) is 1.57. The number of carbonyl (C=O) groups excluding carboxylic acids is 3. The van der Waals surface area contributed by atoms with Crippen molar-refractivity contribution in [2.45, 2.75) is 38.4 Å². The quantitative estimate of drug-likeness (QED) is 0.558. The lowest BCUT2D eigenvalue weighted by Gasteiger charge is -2.39. The second-order valence-electron chi connectivity index (χ2n) is 10.2. The Hall–Kier alpha value is -3.60. The summed E-state index contributed by atoms with van der Waals surface area (Å²) >= 11 is 0. The van der Waals surface area contributed by atoms with E-state index in [1.54, 1.807) is 6.07 Å². The van der Waals surface area contributed by atoms with Crippen molar-refractivity contribution < 1.29 is 27.6 Å². The van der Waals surface area contributed by atoms with E-state index in [2.05, 4.69) is 24.5 Å². The van der Waals surface area contributed by atoms with Crippen LogP contribution in [0.1, 0.15) is 37.3 Å². The van der Waals surface area contributed by atoms with E-state index in [0.717, 1.165) is 17.7 Å². The minimum absolute atomic E-state index is 0.0680. The number of benzene rings is 2. The zero-order valence-corrected chi connectivity index (χ0v) is 22.1. The molecule has 210 valence electrons. The van der Waals surface area contributed by atoms with Gasteiger partial charge in [0.15, 0.2) is 0 Å². The number of piperazine rings is 2. The predicted molar refractivity (Wildman–Crippen MR) is 142 cm³/mol. The molecule has 8 nitrogen and oxygen atoms in total. The van der Waals surface area contributed by atoms with Crippen LogP contribution in [0.3, 0.4) is 0 Å². The molecule has 2 N–H and O–H groups in total. The maximum atomic E-state index is 13.2. The first-order valence-corrected chi connectivity index (χ1v) is 13.1. The van der Waals surface area contributed by atoms with Gasteiger partial charge in [-0.2, -0.15) is 13.2 Å². The average Bonchev–Trinajstić information content (AvgIpc) is 2.90. The normalized spacial score (nSPS) is 18.7. The van der Waals surface area contributed by atoms with E-state index in [-0.39, 0.29) is 30.7 Å². The maximum Gasteiger partial charge on any atom is 0.416 e. The van der Waals surface area contributed by atoms with Crippen molar-refractivity contribution in [2.75, 3.05) is 56.0 Å². The van der Waals surface area contributed by atoms with E-state index in [1.165, 1.54) is 11.0 Å². The van der Waals surface area contributed by atoms with Crippen LogP contribution in [-0.2, 0) is 20.6 Å². The number of hydrogen-bond acceptors (Lipinski definition) is 5. The second kappa shape index (κ2) is 12.1. The molecule has 2 aromatic carbocycles. The number of nitrogens with zero attached hydrogens (tertiary/aromatic N) is 3. The van der Waals surface area contributed by atoms with Crippen LogP contribution in [0.15, 0.2) is 48.5 Å². The van der Waals surface area contributed by atoms with Crippen LogP contribution in [0, 0.1) is 0 Å². The molecule has 2 saturated heterocycles. The first kappa shape index (κ1) is 28.4. The molecule has 0 radical (unpaired) electrons. The highest BCUT2D eigenvalue weighted by molar-refractivity contribution is 5.97. The molecule has 3 amide bonds. The lowest BCUT2D eigenvalue weighted by Crippen LogP contribution is -2.60. The first-order chi connectivity index (χ1) is 18.5. The number of carbonyl (C=O) groups is 3. The zero-order valence-electron chi connectivity index (χ0n) is 22.1. The molecule has 0 aliphatic carbocycles. The van der Waals surface area contributed by atoms with Gasteiger partial charge in [0.2, 0.25) is 17.7 Å². The molecule has 2 aromatic rings. The number of anilines is 2. The van der Waals surface area contributed by atoms with Crippen LogP contribution in [0.25, 0.3) is 0 Å². The van der Waals surface area contributed by atoms with Crippen LogP contribution in [0.5, 0.6) is 0 Å². The summed E-state index contributed by atoms with van der Waals surface area (Å²) in [7, 11) is 0. The van der Waals surface area contributed by atoms with Crippen LogP contribution >= 0.6 is 0 Å². The van der Waals surface area contributed by atoms with Crippen molar-refractivity contribution in [1.29, 1.82) is 0 Å². The minimum Gasteiger partial charge on any atom is -0.369 e. The van der Waals surface area contributed by atoms with Crippen LogP contribution < -0.4 is 15.5 Å². The van der Waals surface area contributed by atoms with E-state index in [1.807, 2.05) is 34.1 Å². The fraction of sp³-hybridized carbons (Fsp3) is 0.464. The molecule has 0 saturated carbocycles. The topological polar surface area (TPSA) is 85.0 Å². The van der Waals surface area contributed by atoms with Gasteiger partial charge < -0.3 is 20.4 Å². The molecule has 39 heavy (non-hydrogen) atoms. The monoisotopic (exact) mass is 545 g/mol. The second-order valence-corrected chi connectivity index (χ2v) is 10.2. The molecule has 2 aliphatic heterocycles. The molecule has 2 heterocycles. The first-order valence-electron chi connectivity index (χ1n) is 13.1. The average molecular weight is 546 g/mol. The van der Waals surface area contributed by atoms with Gasteiger partial charge in [0.05, 0.1) is 18.5 Å². The van der Waals surface area contributed by atoms with Crippen molar-refractivity contribution in [3.63, 3.8) is 0 Å². The Morgan fingerprint density at radius 2 is 1.72 bits per heavy atom. The smallest absolute Gasteiger partial charge is 0.369 e. The summed E-state index contributed by atoms with van der Waals surface area (Å²) in [5, 5.41) is 5.54. The van der Waals surface area contributed by atoms with E-state index in [9.17, 15) is 27.6 Å². The minimum atomic E-state index is -4.41.